The molecule has 8 nitrogen and oxygen atoms in total. The lowest BCUT2D eigenvalue weighted by atomic mass is 9.87. The van der Waals surface area contributed by atoms with Gasteiger partial charge in [0.15, 0.2) is 0 Å². The van der Waals surface area contributed by atoms with Crippen molar-refractivity contribution in [2.45, 2.75) is 57.0 Å². The van der Waals surface area contributed by atoms with Gasteiger partial charge in [-0.25, -0.2) is 13.1 Å². The molecule has 1 fully saturated rings. The van der Waals surface area contributed by atoms with E-state index in [1.807, 2.05) is 31.2 Å². The predicted octanol–water partition coefficient (Wildman–Crippen LogP) is 3.75. The molecule has 0 radical (unpaired) electrons. The zero-order valence-electron chi connectivity index (χ0n) is 18.7. The van der Waals surface area contributed by atoms with Crippen LogP contribution in [0.15, 0.2) is 53.7 Å². The van der Waals surface area contributed by atoms with Gasteiger partial charge in [-0.05, 0) is 78.8 Å². The molecular weight excluding hydrogens is 426 g/mol. The van der Waals surface area contributed by atoms with E-state index < -0.39 is 10.0 Å². The van der Waals surface area contributed by atoms with Crippen LogP contribution in [0.2, 0.25) is 0 Å². The molecule has 0 N–H and O–H groups in total. The summed E-state index contributed by atoms with van der Waals surface area (Å²) >= 11 is 0. The van der Waals surface area contributed by atoms with Crippen LogP contribution in [0.4, 0.5) is 0 Å². The standard InChI is InChI=1S/C23H29N5O3S/c1-17-8-10-20(11-9-17)28(15-19-6-4-5-7-23(19)31-3)32(29,30)21-12-13-22(18(2)14-21)27-16-24-25-26-27/h4-7,12-14,16-17,20H,8-11,15H2,1-3H3. The largest absolute Gasteiger partial charge is 0.496 e. The molecule has 1 aliphatic carbocycles. The minimum Gasteiger partial charge on any atom is -0.496 e. The average molecular weight is 456 g/mol. The highest BCUT2D eigenvalue weighted by Crippen LogP contribution is 2.34. The molecule has 1 aromatic heterocycles. The van der Waals surface area contributed by atoms with E-state index in [1.165, 1.54) is 11.0 Å². The molecule has 0 bridgehead atoms. The van der Waals surface area contributed by atoms with Crippen molar-refractivity contribution in [1.29, 1.82) is 0 Å². The SMILES string of the molecule is COc1ccccc1CN(C1CCC(C)CC1)S(=O)(=O)c1ccc(-n2cnnn2)c(C)c1. The Morgan fingerprint density at radius 2 is 1.88 bits per heavy atom. The summed E-state index contributed by atoms with van der Waals surface area (Å²) in [7, 11) is -2.12. The monoisotopic (exact) mass is 455 g/mol. The Bertz CT molecular complexity index is 1160. The van der Waals surface area contributed by atoms with Crippen LogP contribution >= 0.6 is 0 Å². The summed E-state index contributed by atoms with van der Waals surface area (Å²) in [6.07, 6.45) is 5.27. The highest BCUT2D eigenvalue weighted by atomic mass is 32.2. The third-order valence-corrected chi connectivity index (χ3v) is 8.18. The van der Waals surface area contributed by atoms with Crippen LogP contribution in [-0.4, -0.2) is 46.1 Å². The van der Waals surface area contributed by atoms with Crippen LogP contribution in [0.25, 0.3) is 5.69 Å². The number of aryl methyl sites for hydroxylation is 1. The molecule has 1 heterocycles. The predicted molar refractivity (Wildman–Crippen MR) is 121 cm³/mol. The molecule has 0 amide bonds. The van der Waals surface area contributed by atoms with Gasteiger partial charge in [0.05, 0.1) is 17.7 Å². The minimum absolute atomic E-state index is 0.0411. The van der Waals surface area contributed by atoms with Crippen molar-refractivity contribution in [3.05, 3.63) is 59.9 Å². The van der Waals surface area contributed by atoms with Crippen LogP contribution in [0.1, 0.15) is 43.7 Å². The molecular formula is C23H29N5O3S. The quantitative estimate of drug-likeness (QED) is 0.539. The van der Waals surface area contributed by atoms with E-state index in [0.717, 1.165) is 42.5 Å². The smallest absolute Gasteiger partial charge is 0.243 e. The summed E-state index contributed by atoms with van der Waals surface area (Å²) < 4.78 is 36.5. The lowest BCUT2D eigenvalue weighted by Crippen LogP contribution is -2.41. The fraction of sp³-hybridized carbons (Fsp3) is 0.435. The molecule has 0 atom stereocenters. The highest BCUT2D eigenvalue weighted by molar-refractivity contribution is 7.89. The van der Waals surface area contributed by atoms with Crippen LogP contribution in [0.5, 0.6) is 5.75 Å². The number of hydrogen-bond donors (Lipinski definition) is 0. The van der Waals surface area contributed by atoms with Crippen LogP contribution in [0.3, 0.4) is 0 Å². The van der Waals surface area contributed by atoms with Gasteiger partial charge in [0.1, 0.15) is 12.1 Å². The first-order valence-electron chi connectivity index (χ1n) is 10.9. The van der Waals surface area contributed by atoms with E-state index in [9.17, 15) is 8.42 Å². The van der Waals surface area contributed by atoms with Gasteiger partial charge in [-0.1, -0.05) is 25.1 Å². The average Bonchev–Trinajstić information content (AvgIpc) is 3.33. The number of ether oxygens (including phenoxy) is 1. The molecule has 9 heteroatoms. The van der Waals surface area contributed by atoms with Gasteiger partial charge in [-0.3, -0.25) is 0 Å². The summed E-state index contributed by atoms with van der Waals surface area (Å²) in [6, 6.07) is 12.7. The summed E-state index contributed by atoms with van der Waals surface area (Å²) in [6.45, 7) is 4.37. The van der Waals surface area contributed by atoms with Crippen molar-refractivity contribution in [3.63, 3.8) is 0 Å². The number of tetrazole rings is 1. The van der Waals surface area contributed by atoms with Gasteiger partial charge in [-0.2, -0.15) is 4.31 Å². The van der Waals surface area contributed by atoms with Crippen LogP contribution in [0, 0.1) is 12.8 Å². The fourth-order valence-corrected chi connectivity index (χ4v) is 6.14. The number of nitrogens with zero attached hydrogens (tertiary/aromatic N) is 5. The lowest BCUT2D eigenvalue weighted by molar-refractivity contribution is 0.215. The zero-order chi connectivity index (χ0) is 22.7. The van der Waals surface area contributed by atoms with Crippen molar-refractivity contribution in [2.75, 3.05) is 7.11 Å². The van der Waals surface area contributed by atoms with E-state index >= 15 is 0 Å². The number of rotatable bonds is 7. The lowest BCUT2D eigenvalue weighted by Gasteiger charge is -2.35. The molecule has 3 aromatic rings. The molecule has 2 aromatic carbocycles. The maximum absolute atomic E-state index is 13.9. The number of methoxy groups -OCH3 is 1. The molecule has 1 saturated carbocycles. The second kappa shape index (κ2) is 9.38. The van der Waals surface area contributed by atoms with Gasteiger partial charge in [0.2, 0.25) is 10.0 Å². The third-order valence-electron chi connectivity index (χ3n) is 6.28. The van der Waals surface area contributed by atoms with Gasteiger partial charge >= 0.3 is 0 Å². The number of para-hydroxylation sites is 1. The van der Waals surface area contributed by atoms with E-state index in [0.29, 0.717) is 11.7 Å². The van der Waals surface area contributed by atoms with Crippen molar-refractivity contribution in [1.82, 2.24) is 24.5 Å². The molecule has 1 aliphatic rings. The van der Waals surface area contributed by atoms with E-state index in [1.54, 1.807) is 29.6 Å². The zero-order valence-corrected chi connectivity index (χ0v) is 19.5. The van der Waals surface area contributed by atoms with E-state index in [4.69, 9.17) is 4.74 Å². The second-order valence-electron chi connectivity index (χ2n) is 8.48. The van der Waals surface area contributed by atoms with Crippen LogP contribution in [-0.2, 0) is 16.6 Å². The Morgan fingerprint density at radius 3 is 2.53 bits per heavy atom. The Morgan fingerprint density at radius 1 is 1.12 bits per heavy atom. The summed E-state index contributed by atoms with van der Waals surface area (Å²) in [4.78, 5) is 0.278. The third kappa shape index (κ3) is 4.54. The maximum Gasteiger partial charge on any atom is 0.243 e. The number of benzene rings is 2. The Labute approximate surface area is 189 Å². The summed E-state index contributed by atoms with van der Waals surface area (Å²) in [5, 5.41) is 11.2. The Balaban J connectivity index is 1.71. The maximum atomic E-state index is 13.9. The van der Waals surface area contributed by atoms with E-state index in [-0.39, 0.29) is 17.5 Å². The number of hydrogen-bond acceptors (Lipinski definition) is 6. The van der Waals surface area contributed by atoms with E-state index in [2.05, 4.69) is 22.4 Å². The molecule has 0 aliphatic heterocycles. The molecule has 0 saturated heterocycles. The molecule has 0 unspecified atom stereocenters. The normalized spacial score (nSPS) is 19.2. The highest BCUT2D eigenvalue weighted by Gasteiger charge is 2.34. The first-order chi connectivity index (χ1) is 15.4. The molecule has 32 heavy (non-hydrogen) atoms. The van der Waals surface area contributed by atoms with Gasteiger partial charge in [-0.15, -0.1) is 5.10 Å². The van der Waals surface area contributed by atoms with Crippen molar-refractivity contribution < 1.29 is 13.2 Å². The fourth-order valence-electron chi connectivity index (χ4n) is 4.39. The molecule has 4 rings (SSSR count). The molecule has 170 valence electrons. The van der Waals surface area contributed by atoms with Crippen LogP contribution < -0.4 is 4.74 Å². The van der Waals surface area contributed by atoms with Gasteiger partial charge in [0, 0.05) is 18.2 Å². The van der Waals surface area contributed by atoms with Crippen molar-refractivity contribution in [3.8, 4) is 11.4 Å². The Hall–Kier alpha value is -2.78. The minimum atomic E-state index is -3.73. The Kier molecular flexibility index (Phi) is 6.57. The number of aromatic nitrogens is 4. The summed E-state index contributed by atoms with van der Waals surface area (Å²) in [5.74, 6) is 1.32. The topological polar surface area (TPSA) is 90.2 Å². The first-order valence-corrected chi connectivity index (χ1v) is 12.3. The second-order valence-corrected chi connectivity index (χ2v) is 10.4. The molecule has 0 spiro atoms. The van der Waals surface area contributed by atoms with Gasteiger partial charge in [0.25, 0.3) is 0 Å². The summed E-state index contributed by atoms with van der Waals surface area (Å²) in [5.41, 5.74) is 2.39. The number of sulfonamides is 1. The van der Waals surface area contributed by atoms with Gasteiger partial charge < -0.3 is 4.74 Å². The van der Waals surface area contributed by atoms with Crippen molar-refractivity contribution >= 4 is 10.0 Å². The first kappa shape index (κ1) is 22.4. The van der Waals surface area contributed by atoms with Crippen molar-refractivity contribution in [2.24, 2.45) is 5.92 Å².